The van der Waals surface area contributed by atoms with E-state index in [-0.39, 0.29) is 12.0 Å². The molecule has 0 spiro atoms. The van der Waals surface area contributed by atoms with Crippen LogP contribution in [0.2, 0.25) is 5.02 Å². The number of unbranched alkanes of at least 4 members (excludes halogenated alkanes) is 1. The number of carbonyl (C=O) groups excluding carboxylic acids is 1. The number of hydrogen-bond donors (Lipinski definition) is 0. The van der Waals surface area contributed by atoms with Gasteiger partial charge in [0.25, 0.3) is 0 Å². The minimum Gasteiger partial charge on any atom is -0.464 e. The van der Waals surface area contributed by atoms with E-state index in [1.807, 2.05) is 42.0 Å². The normalized spacial score (nSPS) is 12.6. The second-order valence-electron chi connectivity index (χ2n) is 4.62. The Labute approximate surface area is 118 Å². The summed E-state index contributed by atoms with van der Waals surface area (Å²) in [4.78, 5) is 12.0. The lowest BCUT2D eigenvalue weighted by Gasteiger charge is -2.14. The van der Waals surface area contributed by atoms with Crippen LogP contribution in [0.25, 0.3) is 10.9 Å². The van der Waals surface area contributed by atoms with Gasteiger partial charge in [-0.3, -0.25) is 0 Å². The van der Waals surface area contributed by atoms with Gasteiger partial charge in [-0.25, -0.2) is 4.79 Å². The molecule has 0 amide bonds. The highest BCUT2D eigenvalue weighted by Gasteiger charge is 2.17. The molecule has 0 saturated heterocycles. The third-order valence-electron chi connectivity index (χ3n) is 3.18. The Hall–Kier alpha value is -1.48. The molecule has 3 nitrogen and oxygen atoms in total. The summed E-state index contributed by atoms with van der Waals surface area (Å²) in [6, 6.07) is 7.28. The van der Waals surface area contributed by atoms with Crippen LogP contribution in [0.1, 0.15) is 32.7 Å². The van der Waals surface area contributed by atoms with Crippen molar-refractivity contribution in [2.24, 2.45) is 0 Å². The number of fused-ring (bicyclic) bond motifs is 1. The SMILES string of the molecule is CCCCOC(=O)C(C)n1ccc2cc(Cl)ccc21. The maximum Gasteiger partial charge on any atom is 0.328 e. The van der Waals surface area contributed by atoms with Crippen molar-refractivity contribution in [1.29, 1.82) is 0 Å². The van der Waals surface area contributed by atoms with E-state index in [4.69, 9.17) is 16.3 Å². The number of carbonyl (C=O) groups is 1. The zero-order valence-corrected chi connectivity index (χ0v) is 12.0. The molecule has 0 aliphatic rings. The first-order chi connectivity index (χ1) is 9.13. The van der Waals surface area contributed by atoms with Crippen LogP contribution in [0.3, 0.4) is 0 Å². The molecule has 2 rings (SSSR count). The molecule has 0 N–H and O–H groups in total. The largest absolute Gasteiger partial charge is 0.464 e. The van der Waals surface area contributed by atoms with Crippen LogP contribution in [0.15, 0.2) is 30.5 Å². The van der Waals surface area contributed by atoms with Crippen LogP contribution in [0.4, 0.5) is 0 Å². The number of nitrogens with zero attached hydrogens (tertiary/aromatic N) is 1. The van der Waals surface area contributed by atoms with E-state index >= 15 is 0 Å². The standard InChI is InChI=1S/C15H18ClNO2/c1-3-4-9-19-15(18)11(2)17-8-7-12-10-13(16)5-6-14(12)17/h5-8,10-11H,3-4,9H2,1-2H3. The number of hydrogen-bond acceptors (Lipinski definition) is 2. The first-order valence-electron chi connectivity index (χ1n) is 6.56. The molecule has 1 atom stereocenters. The Morgan fingerprint density at radius 3 is 2.95 bits per heavy atom. The van der Waals surface area contributed by atoms with Gasteiger partial charge < -0.3 is 9.30 Å². The van der Waals surface area contributed by atoms with Crippen molar-refractivity contribution in [3.63, 3.8) is 0 Å². The molecule has 1 heterocycles. The van der Waals surface area contributed by atoms with E-state index in [1.165, 1.54) is 0 Å². The Bertz CT molecular complexity index is 577. The topological polar surface area (TPSA) is 31.2 Å². The maximum atomic E-state index is 12.0. The summed E-state index contributed by atoms with van der Waals surface area (Å²) >= 11 is 5.95. The van der Waals surface area contributed by atoms with Crippen molar-refractivity contribution in [2.75, 3.05) is 6.61 Å². The van der Waals surface area contributed by atoms with Gasteiger partial charge in [0.05, 0.1) is 6.61 Å². The van der Waals surface area contributed by atoms with Crippen molar-refractivity contribution < 1.29 is 9.53 Å². The van der Waals surface area contributed by atoms with Crippen LogP contribution in [0, 0.1) is 0 Å². The highest BCUT2D eigenvalue weighted by atomic mass is 35.5. The first kappa shape index (κ1) is 13.9. The minimum atomic E-state index is -0.324. The lowest BCUT2D eigenvalue weighted by Crippen LogP contribution is -2.19. The van der Waals surface area contributed by atoms with E-state index in [9.17, 15) is 4.79 Å². The van der Waals surface area contributed by atoms with Crippen molar-refractivity contribution in [1.82, 2.24) is 4.57 Å². The predicted molar refractivity (Wildman–Crippen MR) is 77.5 cm³/mol. The molecule has 102 valence electrons. The van der Waals surface area contributed by atoms with E-state index in [1.54, 1.807) is 0 Å². The molecule has 1 unspecified atom stereocenters. The second kappa shape index (κ2) is 6.11. The molecule has 19 heavy (non-hydrogen) atoms. The van der Waals surface area contributed by atoms with Gasteiger partial charge in [0.1, 0.15) is 6.04 Å². The third kappa shape index (κ3) is 3.10. The second-order valence-corrected chi connectivity index (χ2v) is 5.06. The molecule has 0 bridgehead atoms. The molecule has 2 aromatic rings. The highest BCUT2D eigenvalue weighted by Crippen LogP contribution is 2.24. The van der Waals surface area contributed by atoms with Crippen molar-refractivity contribution in [2.45, 2.75) is 32.7 Å². The fourth-order valence-corrected chi connectivity index (χ4v) is 2.20. The summed E-state index contributed by atoms with van der Waals surface area (Å²) in [6.45, 7) is 4.41. The van der Waals surface area contributed by atoms with Crippen molar-refractivity contribution in [3.8, 4) is 0 Å². The fraction of sp³-hybridized carbons (Fsp3) is 0.400. The minimum absolute atomic E-state index is 0.194. The summed E-state index contributed by atoms with van der Waals surface area (Å²) in [5, 5.41) is 1.73. The van der Waals surface area contributed by atoms with Gasteiger partial charge in [-0.15, -0.1) is 0 Å². The molecular formula is C15H18ClNO2. The van der Waals surface area contributed by atoms with Crippen LogP contribution >= 0.6 is 11.6 Å². The zero-order valence-electron chi connectivity index (χ0n) is 11.2. The third-order valence-corrected chi connectivity index (χ3v) is 3.42. The number of benzene rings is 1. The predicted octanol–water partition coefficient (Wildman–Crippen LogP) is 4.20. The number of aromatic nitrogens is 1. The smallest absolute Gasteiger partial charge is 0.328 e. The fourth-order valence-electron chi connectivity index (χ4n) is 2.02. The maximum absolute atomic E-state index is 12.0. The first-order valence-corrected chi connectivity index (χ1v) is 6.94. The summed E-state index contributed by atoms with van der Waals surface area (Å²) in [5.74, 6) is -0.194. The van der Waals surface area contributed by atoms with E-state index in [0.717, 1.165) is 23.7 Å². The lowest BCUT2D eigenvalue weighted by molar-refractivity contribution is -0.147. The van der Waals surface area contributed by atoms with Gasteiger partial charge in [-0.2, -0.15) is 0 Å². The van der Waals surface area contributed by atoms with Crippen molar-refractivity contribution >= 4 is 28.5 Å². The average molecular weight is 280 g/mol. The lowest BCUT2D eigenvalue weighted by atomic mass is 10.2. The summed E-state index contributed by atoms with van der Waals surface area (Å²) in [7, 11) is 0. The molecular weight excluding hydrogens is 262 g/mol. The number of ether oxygens (including phenoxy) is 1. The van der Waals surface area contributed by atoms with E-state index in [0.29, 0.717) is 11.6 Å². The molecule has 4 heteroatoms. The number of halogens is 1. The van der Waals surface area contributed by atoms with Gasteiger partial charge in [0.2, 0.25) is 0 Å². The summed E-state index contributed by atoms with van der Waals surface area (Å²) < 4.78 is 7.17. The molecule has 0 saturated carbocycles. The zero-order chi connectivity index (χ0) is 13.8. The molecule has 0 aliphatic heterocycles. The van der Waals surface area contributed by atoms with Crippen LogP contribution in [0.5, 0.6) is 0 Å². The Kier molecular flexibility index (Phi) is 4.48. The molecule has 0 fully saturated rings. The molecule has 1 aromatic carbocycles. The number of rotatable bonds is 5. The molecule has 1 aromatic heterocycles. The average Bonchev–Trinajstić information content (AvgIpc) is 2.80. The quantitative estimate of drug-likeness (QED) is 0.607. The monoisotopic (exact) mass is 279 g/mol. The molecule has 0 radical (unpaired) electrons. The van der Waals surface area contributed by atoms with Gasteiger partial charge in [0, 0.05) is 22.1 Å². The van der Waals surface area contributed by atoms with E-state index in [2.05, 4.69) is 6.92 Å². The van der Waals surface area contributed by atoms with Gasteiger partial charge in [-0.1, -0.05) is 24.9 Å². The van der Waals surface area contributed by atoms with Gasteiger partial charge in [0.15, 0.2) is 0 Å². The van der Waals surface area contributed by atoms with Crippen LogP contribution < -0.4 is 0 Å². The highest BCUT2D eigenvalue weighted by molar-refractivity contribution is 6.31. The summed E-state index contributed by atoms with van der Waals surface area (Å²) in [6.07, 6.45) is 3.82. The van der Waals surface area contributed by atoms with Gasteiger partial charge >= 0.3 is 5.97 Å². The van der Waals surface area contributed by atoms with E-state index < -0.39 is 0 Å². The Morgan fingerprint density at radius 1 is 1.42 bits per heavy atom. The molecule has 0 aliphatic carbocycles. The van der Waals surface area contributed by atoms with Crippen LogP contribution in [-0.2, 0) is 9.53 Å². The van der Waals surface area contributed by atoms with Gasteiger partial charge in [-0.05, 0) is 37.6 Å². The number of esters is 1. The Morgan fingerprint density at radius 2 is 2.21 bits per heavy atom. The summed E-state index contributed by atoms with van der Waals surface area (Å²) in [5.41, 5.74) is 0.990. The van der Waals surface area contributed by atoms with Crippen molar-refractivity contribution in [3.05, 3.63) is 35.5 Å². The van der Waals surface area contributed by atoms with Crippen LogP contribution in [-0.4, -0.2) is 17.1 Å². The Balaban J connectivity index is 2.17.